The normalized spacial score (nSPS) is 34.9. The standard InChI is InChI=1S/C22H34O4/c1-15(11-14-26-17(3)23)7-9-18-16(2)8-10-19-21(18,4)12-6-13-22(19,5)20(24)25/h11,18-19H,2,6-10,12-14H2,1,3-5H3,(H,24,25)/b15-11+/t18-,19+,21-,22+/m1/s1. The van der Waals surface area contributed by atoms with E-state index in [1.165, 1.54) is 18.1 Å². The Morgan fingerprint density at radius 3 is 2.62 bits per heavy atom. The van der Waals surface area contributed by atoms with Crippen molar-refractivity contribution in [3.05, 3.63) is 23.8 Å². The minimum absolute atomic E-state index is 0.0108. The van der Waals surface area contributed by atoms with Crippen molar-refractivity contribution in [1.82, 2.24) is 0 Å². The second kappa shape index (κ2) is 7.98. The second-order valence-electron chi connectivity index (χ2n) is 8.78. The molecule has 0 spiro atoms. The maximum Gasteiger partial charge on any atom is 0.309 e. The molecule has 0 aromatic carbocycles. The van der Waals surface area contributed by atoms with Crippen molar-refractivity contribution >= 4 is 11.9 Å². The Bertz CT molecular complexity index is 605. The smallest absolute Gasteiger partial charge is 0.309 e. The van der Waals surface area contributed by atoms with Crippen LogP contribution in [0.4, 0.5) is 0 Å². The molecule has 2 rings (SSSR count). The number of esters is 1. The van der Waals surface area contributed by atoms with E-state index in [-0.39, 0.29) is 17.3 Å². The molecule has 26 heavy (non-hydrogen) atoms. The highest BCUT2D eigenvalue weighted by Crippen LogP contribution is 2.62. The van der Waals surface area contributed by atoms with E-state index in [9.17, 15) is 14.7 Å². The van der Waals surface area contributed by atoms with Gasteiger partial charge in [-0.25, -0.2) is 0 Å². The molecular formula is C22H34O4. The van der Waals surface area contributed by atoms with Crippen molar-refractivity contribution < 1.29 is 19.4 Å². The Balaban J connectivity index is 2.13. The molecule has 2 aliphatic rings. The van der Waals surface area contributed by atoms with E-state index in [1.54, 1.807) is 0 Å². The average molecular weight is 363 g/mol. The Morgan fingerprint density at radius 2 is 2.00 bits per heavy atom. The number of carboxylic acids is 1. The van der Waals surface area contributed by atoms with Gasteiger partial charge in [0.25, 0.3) is 0 Å². The summed E-state index contributed by atoms with van der Waals surface area (Å²) in [6.45, 7) is 12.4. The summed E-state index contributed by atoms with van der Waals surface area (Å²) >= 11 is 0. The molecule has 4 nitrogen and oxygen atoms in total. The van der Waals surface area contributed by atoms with Gasteiger partial charge >= 0.3 is 11.9 Å². The highest BCUT2D eigenvalue weighted by Gasteiger charge is 2.57. The summed E-state index contributed by atoms with van der Waals surface area (Å²) in [5.74, 6) is -0.336. The number of rotatable bonds is 6. The number of carbonyl (C=O) groups excluding carboxylic acids is 1. The van der Waals surface area contributed by atoms with E-state index in [0.29, 0.717) is 12.5 Å². The average Bonchev–Trinajstić information content (AvgIpc) is 2.53. The molecule has 0 amide bonds. The quantitative estimate of drug-likeness (QED) is 0.525. The van der Waals surface area contributed by atoms with Gasteiger partial charge < -0.3 is 9.84 Å². The van der Waals surface area contributed by atoms with E-state index in [1.807, 2.05) is 13.0 Å². The lowest BCUT2D eigenvalue weighted by Gasteiger charge is -2.57. The molecule has 2 saturated carbocycles. The van der Waals surface area contributed by atoms with Crippen LogP contribution in [0.3, 0.4) is 0 Å². The zero-order chi connectivity index (χ0) is 19.5. The fourth-order valence-electron chi connectivity index (χ4n) is 5.51. The minimum Gasteiger partial charge on any atom is -0.481 e. The zero-order valence-electron chi connectivity index (χ0n) is 16.8. The molecule has 0 aliphatic heterocycles. The van der Waals surface area contributed by atoms with Gasteiger partial charge in [-0.2, -0.15) is 0 Å². The molecule has 0 unspecified atom stereocenters. The Morgan fingerprint density at radius 1 is 1.31 bits per heavy atom. The van der Waals surface area contributed by atoms with Crippen LogP contribution in [0, 0.1) is 22.7 Å². The molecule has 2 aliphatic carbocycles. The summed E-state index contributed by atoms with van der Waals surface area (Å²) in [5.41, 5.74) is 1.89. The first-order chi connectivity index (χ1) is 12.1. The van der Waals surface area contributed by atoms with Crippen LogP contribution in [0.1, 0.15) is 72.6 Å². The van der Waals surface area contributed by atoms with Crippen LogP contribution in [0.2, 0.25) is 0 Å². The van der Waals surface area contributed by atoms with Gasteiger partial charge in [0, 0.05) is 6.92 Å². The van der Waals surface area contributed by atoms with Crippen molar-refractivity contribution in [3.63, 3.8) is 0 Å². The first-order valence-electron chi connectivity index (χ1n) is 9.81. The van der Waals surface area contributed by atoms with Gasteiger partial charge in [-0.15, -0.1) is 0 Å². The molecule has 0 heterocycles. The molecule has 4 atom stereocenters. The first-order valence-corrected chi connectivity index (χ1v) is 9.81. The first kappa shape index (κ1) is 20.7. The maximum atomic E-state index is 12.0. The second-order valence-corrected chi connectivity index (χ2v) is 8.78. The molecule has 4 heteroatoms. The molecule has 0 bridgehead atoms. The summed E-state index contributed by atoms with van der Waals surface area (Å²) in [6.07, 6.45) is 8.60. The van der Waals surface area contributed by atoms with E-state index < -0.39 is 11.4 Å². The molecule has 0 radical (unpaired) electrons. The van der Waals surface area contributed by atoms with Crippen molar-refractivity contribution in [2.45, 2.75) is 72.6 Å². The number of fused-ring (bicyclic) bond motifs is 1. The molecule has 1 N–H and O–H groups in total. The SMILES string of the molecule is C=C1CC[C@H]2[C@](C)(CCC[C@]2(C)C(=O)O)[C@@H]1CC/C(C)=C/COC(C)=O. The minimum atomic E-state index is -0.642. The van der Waals surface area contributed by atoms with Crippen LogP contribution in [-0.4, -0.2) is 23.7 Å². The number of aliphatic carboxylic acids is 1. The largest absolute Gasteiger partial charge is 0.481 e. The third-order valence-corrected chi connectivity index (χ3v) is 7.05. The Labute approximate surface area is 157 Å². The van der Waals surface area contributed by atoms with E-state index in [0.717, 1.165) is 44.9 Å². The van der Waals surface area contributed by atoms with Crippen LogP contribution < -0.4 is 0 Å². The number of carbonyl (C=O) groups is 2. The number of allylic oxidation sites excluding steroid dienone is 2. The highest BCUT2D eigenvalue weighted by atomic mass is 16.5. The fraction of sp³-hybridized carbons (Fsp3) is 0.727. The molecule has 2 fully saturated rings. The van der Waals surface area contributed by atoms with Gasteiger partial charge in [0.2, 0.25) is 0 Å². The molecule has 0 aromatic heterocycles. The van der Waals surface area contributed by atoms with Gasteiger partial charge in [-0.3, -0.25) is 9.59 Å². The number of hydrogen-bond acceptors (Lipinski definition) is 3. The van der Waals surface area contributed by atoms with E-state index >= 15 is 0 Å². The number of hydrogen-bond donors (Lipinski definition) is 1. The summed E-state index contributed by atoms with van der Waals surface area (Å²) in [4.78, 5) is 22.9. The van der Waals surface area contributed by atoms with Crippen molar-refractivity contribution in [2.24, 2.45) is 22.7 Å². The van der Waals surface area contributed by atoms with Crippen molar-refractivity contribution in [3.8, 4) is 0 Å². The van der Waals surface area contributed by atoms with Gasteiger partial charge in [-0.1, -0.05) is 31.1 Å². The van der Waals surface area contributed by atoms with Gasteiger partial charge in [-0.05, 0) is 75.7 Å². The fourth-order valence-corrected chi connectivity index (χ4v) is 5.51. The summed E-state index contributed by atoms with van der Waals surface area (Å²) in [5, 5.41) is 9.89. The zero-order valence-corrected chi connectivity index (χ0v) is 16.8. The van der Waals surface area contributed by atoms with E-state index in [4.69, 9.17) is 4.74 Å². The van der Waals surface area contributed by atoms with Gasteiger partial charge in [0.1, 0.15) is 6.61 Å². The van der Waals surface area contributed by atoms with Crippen LogP contribution >= 0.6 is 0 Å². The maximum absolute atomic E-state index is 12.0. The van der Waals surface area contributed by atoms with Crippen LogP contribution in [0.5, 0.6) is 0 Å². The number of ether oxygens (including phenoxy) is 1. The van der Waals surface area contributed by atoms with Crippen molar-refractivity contribution in [2.75, 3.05) is 6.61 Å². The Hall–Kier alpha value is -1.58. The Kier molecular flexibility index (Phi) is 6.36. The van der Waals surface area contributed by atoms with Gasteiger partial charge in [0.05, 0.1) is 5.41 Å². The third kappa shape index (κ3) is 4.05. The topological polar surface area (TPSA) is 63.6 Å². The molecular weight excluding hydrogens is 328 g/mol. The van der Waals surface area contributed by atoms with Crippen LogP contribution in [0.15, 0.2) is 23.8 Å². The summed E-state index contributed by atoms with van der Waals surface area (Å²) in [6, 6.07) is 0. The predicted molar refractivity (Wildman–Crippen MR) is 103 cm³/mol. The monoisotopic (exact) mass is 362 g/mol. The van der Waals surface area contributed by atoms with Crippen LogP contribution in [-0.2, 0) is 14.3 Å². The van der Waals surface area contributed by atoms with Gasteiger partial charge in [0.15, 0.2) is 0 Å². The lowest BCUT2D eigenvalue weighted by atomic mass is 9.46. The summed E-state index contributed by atoms with van der Waals surface area (Å²) in [7, 11) is 0. The lowest BCUT2D eigenvalue weighted by molar-refractivity contribution is -0.164. The van der Waals surface area contributed by atoms with E-state index in [2.05, 4.69) is 20.4 Å². The molecule has 0 saturated heterocycles. The van der Waals surface area contributed by atoms with Crippen molar-refractivity contribution in [1.29, 1.82) is 0 Å². The summed E-state index contributed by atoms with van der Waals surface area (Å²) < 4.78 is 4.99. The highest BCUT2D eigenvalue weighted by molar-refractivity contribution is 5.75. The molecule has 0 aromatic rings. The lowest BCUT2D eigenvalue weighted by Crippen LogP contribution is -2.53. The third-order valence-electron chi connectivity index (χ3n) is 7.05. The van der Waals surface area contributed by atoms with Crippen LogP contribution in [0.25, 0.3) is 0 Å². The predicted octanol–water partition coefficient (Wildman–Crippen LogP) is 5.14. The molecule has 146 valence electrons. The number of carboxylic acid groups (broad SMARTS) is 1.